The number of piperidine rings is 1. The second-order valence-corrected chi connectivity index (χ2v) is 6.39. The average molecular weight is 240 g/mol. The summed E-state index contributed by atoms with van der Waals surface area (Å²) in [6.07, 6.45) is 3.68. The van der Waals surface area contributed by atoms with Crippen LogP contribution in [0.25, 0.3) is 0 Å². The number of likely N-dealkylation sites (tertiary alicyclic amines) is 1. The monoisotopic (exact) mass is 240 g/mol. The van der Waals surface area contributed by atoms with Crippen molar-refractivity contribution in [2.45, 2.75) is 57.7 Å². The van der Waals surface area contributed by atoms with Gasteiger partial charge in [-0.1, -0.05) is 6.92 Å². The van der Waals surface area contributed by atoms with Crippen LogP contribution >= 0.6 is 0 Å². The molecule has 100 valence electrons. The van der Waals surface area contributed by atoms with Crippen LogP contribution in [0.15, 0.2) is 0 Å². The van der Waals surface area contributed by atoms with Gasteiger partial charge in [-0.25, -0.2) is 0 Å². The lowest BCUT2D eigenvalue weighted by molar-refractivity contribution is 0.0126. The van der Waals surface area contributed by atoms with E-state index in [9.17, 15) is 0 Å². The van der Waals surface area contributed by atoms with Crippen LogP contribution in [-0.2, 0) is 4.74 Å². The zero-order chi connectivity index (χ0) is 12.5. The minimum absolute atomic E-state index is 0.0896. The lowest BCUT2D eigenvalue weighted by atomic mass is 9.89. The van der Waals surface area contributed by atoms with Gasteiger partial charge in [-0.2, -0.15) is 0 Å². The summed E-state index contributed by atoms with van der Waals surface area (Å²) in [7, 11) is 2.23. The molecule has 0 amide bonds. The van der Waals surface area contributed by atoms with Crippen LogP contribution in [0.3, 0.4) is 0 Å². The molecule has 0 radical (unpaired) electrons. The molecule has 4 atom stereocenters. The Bertz CT molecular complexity index is 251. The van der Waals surface area contributed by atoms with Gasteiger partial charge in [0.15, 0.2) is 0 Å². The van der Waals surface area contributed by atoms with Gasteiger partial charge in [0.05, 0.1) is 5.60 Å². The summed E-state index contributed by atoms with van der Waals surface area (Å²) in [6.45, 7) is 10.1. The van der Waals surface area contributed by atoms with E-state index >= 15 is 0 Å². The quantitative estimate of drug-likeness (QED) is 0.815. The summed E-state index contributed by atoms with van der Waals surface area (Å²) in [6, 6.07) is 1.35. The molecule has 2 rings (SSSR count). The van der Waals surface area contributed by atoms with E-state index in [0.29, 0.717) is 12.1 Å². The Labute approximate surface area is 106 Å². The van der Waals surface area contributed by atoms with Gasteiger partial charge in [0.25, 0.3) is 0 Å². The van der Waals surface area contributed by atoms with Crippen LogP contribution in [0.5, 0.6) is 0 Å². The Morgan fingerprint density at radius 3 is 2.82 bits per heavy atom. The van der Waals surface area contributed by atoms with E-state index in [4.69, 9.17) is 4.74 Å². The minimum Gasteiger partial charge on any atom is -0.374 e. The first-order chi connectivity index (χ1) is 8.00. The van der Waals surface area contributed by atoms with Crippen molar-refractivity contribution >= 4 is 0 Å². The van der Waals surface area contributed by atoms with E-state index in [1.807, 2.05) is 0 Å². The molecule has 17 heavy (non-hydrogen) atoms. The molecule has 4 unspecified atom stereocenters. The number of rotatable bonds is 3. The standard InChI is InChI=1S/C14H28N2O/c1-11-9-16(4)12(2)8-13(11)15-10-14(3)6-5-7-17-14/h11-13,15H,5-10H2,1-4H3. The van der Waals surface area contributed by atoms with Crippen molar-refractivity contribution in [1.29, 1.82) is 0 Å². The highest BCUT2D eigenvalue weighted by atomic mass is 16.5. The lowest BCUT2D eigenvalue weighted by Gasteiger charge is -2.41. The molecular weight excluding hydrogens is 212 g/mol. The van der Waals surface area contributed by atoms with Gasteiger partial charge in [0.1, 0.15) is 0 Å². The Morgan fingerprint density at radius 2 is 2.18 bits per heavy atom. The summed E-state index contributed by atoms with van der Waals surface area (Å²) in [4.78, 5) is 2.47. The van der Waals surface area contributed by atoms with E-state index in [0.717, 1.165) is 19.1 Å². The van der Waals surface area contributed by atoms with Gasteiger partial charge in [-0.3, -0.25) is 0 Å². The predicted octanol–water partition coefficient (Wildman–Crippen LogP) is 1.87. The number of hydrogen-bond acceptors (Lipinski definition) is 3. The number of nitrogens with one attached hydrogen (secondary N) is 1. The third-order valence-corrected chi connectivity index (χ3v) is 4.65. The second kappa shape index (κ2) is 5.25. The normalized spacial score (nSPS) is 44.1. The van der Waals surface area contributed by atoms with Crippen LogP contribution in [0.1, 0.15) is 40.0 Å². The van der Waals surface area contributed by atoms with Crippen LogP contribution < -0.4 is 5.32 Å². The third-order valence-electron chi connectivity index (χ3n) is 4.65. The number of ether oxygens (including phenoxy) is 1. The molecule has 0 saturated carbocycles. The molecule has 0 aromatic carbocycles. The first-order valence-electron chi connectivity index (χ1n) is 7.08. The first kappa shape index (κ1) is 13.3. The summed E-state index contributed by atoms with van der Waals surface area (Å²) in [5, 5.41) is 3.75. The Hall–Kier alpha value is -0.120. The van der Waals surface area contributed by atoms with Crippen LogP contribution in [-0.4, -0.2) is 49.3 Å². The van der Waals surface area contributed by atoms with Crippen LogP contribution in [0.4, 0.5) is 0 Å². The molecule has 0 bridgehead atoms. The molecule has 2 aliphatic rings. The predicted molar refractivity (Wildman–Crippen MR) is 71.3 cm³/mol. The van der Waals surface area contributed by atoms with Crippen molar-refractivity contribution in [2.24, 2.45) is 5.92 Å². The maximum absolute atomic E-state index is 5.84. The topological polar surface area (TPSA) is 24.5 Å². The molecule has 0 spiro atoms. The fourth-order valence-corrected chi connectivity index (χ4v) is 3.15. The van der Waals surface area contributed by atoms with E-state index in [-0.39, 0.29) is 5.60 Å². The summed E-state index contributed by atoms with van der Waals surface area (Å²) in [5.41, 5.74) is 0.0896. The highest BCUT2D eigenvalue weighted by Gasteiger charge is 2.33. The summed E-state index contributed by atoms with van der Waals surface area (Å²) >= 11 is 0. The van der Waals surface area contributed by atoms with Gasteiger partial charge in [-0.15, -0.1) is 0 Å². The zero-order valence-electron chi connectivity index (χ0n) is 11.8. The van der Waals surface area contributed by atoms with Crippen LogP contribution in [0, 0.1) is 5.92 Å². The van der Waals surface area contributed by atoms with E-state index in [1.165, 1.54) is 25.8 Å². The fraction of sp³-hybridized carbons (Fsp3) is 1.00. The van der Waals surface area contributed by atoms with Gasteiger partial charge >= 0.3 is 0 Å². The van der Waals surface area contributed by atoms with Crippen molar-refractivity contribution in [3.05, 3.63) is 0 Å². The zero-order valence-corrected chi connectivity index (χ0v) is 11.8. The molecule has 0 aromatic heterocycles. The molecular formula is C14H28N2O. The van der Waals surface area contributed by atoms with Crippen molar-refractivity contribution < 1.29 is 4.74 Å². The molecule has 2 fully saturated rings. The Morgan fingerprint density at radius 1 is 1.41 bits per heavy atom. The van der Waals surface area contributed by atoms with E-state index in [1.54, 1.807) is 0 Å². The molecule has 1 N–H and O–H groups in total. The van der Waals surface area contributed by atoms with Crippen molar-refractivity contribution in [2.75, 3.05) is 26.7 Å². The minimum atomic E-state index is 0.0896. The fourth-order valence-electron chi connectivity index (χ4n) is 3.15. The lowest BCUT2D eigenvalue weighted by Crippen LogP contribution is -2.53. The van der Waals surface area contributed by atoms with Crippen LogP contribution in [0.2, 0.25) is 0 Å². The molecule has 2 heterocycles. The third kappa shape index (κ3) is 3.21. The van der Waals surface area contributed by atoms with Gasteiger partial charge in [-0.05, 0) is 46.1 Å². The maximum atomic E-state index is 5.84. The van der Waals surface area contributed by atoms with Crippen molar-refractivity contribution in [1.82, 2.24) is 10.2 Å². The number of hydrogen-bond donors (Lipinski definition) is 1. The highest BCUT2D eigenvalue weighted by molar-refractivity contribution is 4.90. The van der Waals surface area contributed by atoms with E-state index in [2.05, 4.69) is 38.0 Å². The molecule has 3 heteroatoms. The summed E-state index contributed by atoms with van der Waals surface area (Å²) in [5.74, 6) is 0.737. The van der Waals surface area contributed by atoms with Gasteiger partial charge in [0.2, 0.25) is 0 Å². The van der Waals surface area contributed by atoms with E-state index < -0.39 is 0 Å². The molecule has 2 saturated heterocycles. The smallest absolute Gasteiger partial charge is 0.0779 e. The molecule has 0 aliphatic carbocycles. The second-order valence-electron chi connectivity index (χ2n) is 6.39. The SMILES string of the molecule is CC1CN(C)C(C)CC1NCC1(C)CCCO1. The molecule has 0 aromatic rings. The Kier molecular flexibility index (Phi) is 4.11. The first-order valence-corrected chi connectivity index (χ1v) is 7.08. The molecule has 3 nitrogen and oxygen atoms in total. The summed E-state index contributed by atoms with van der Waals surface area (Å²) < 4.78 is 5.84. The number of nitrogens with zero attached hydrogens (tertiary/aromatic N) is 1. The largest absolute Gasteiger partial charge is 0.374 e. The van der Waals surface area contributed by atoms with Gasteiger partial charge in [0, 0.05) is 31.8 Å². The maximum Gasteiger partial charge on any atom is 0.0779 e. The Balaban J connectivity index is 1.82. The van der Waals surface area contributed by atoms with Crippen molar-refractivity contribution in [3.8, 4) is 0 Å². The van der Waals surface area contributed by atoms with Gasteiger partial charge < -0.3 is 15.0 Å². The molecule has 2 aliphatic heterocycles. The van der Waals surface area contributed by atoms with Crippen molar-refractivity contribution in [3.63, 3.8) is 0 Å². The highest BCUT2D eigenvalue weighted by Crippen LogP contribution is 2.26. The average Bonchev–Trinajstić information content (AvgIpc) is 2.69.